The molecule has 5 heteroatoms. The number of hydrogen-bond donors (Lipinski definition) is 0. The lowest BCUT2D eigenvalue weighted by Crippen LogP contribution is -2.48. The molecular formula is C24H30N2O3. The van der Waals surface area contributed by atoms with E-state index in [0.29, 0.717) is 30.3 Å². The Kier molecular flexibility index (Phi) is 6.02. The molecule has 2 aromatic rings. The summed E-state index contributed by atoms with van der Waals surface area (Å²) < 4.78 is 5.28. The highest BCUT2D eigenvalue weighted by Crippen LogP contribution is 2.26. The first kappa shape index (κ1) is 19.7. The molecule has 2 aliphatic heterocycles. The summed E-state index contributed by atoms with van der Waals surface area (Å²) in [5.41, 5.74) is 1.99. The Morgan fingerprint density at radius 3 is 2.45 bits per heavy atom. The number of carbonyl (C=O) groups excluding carboxylic acids is 2. The van der Waals surface area contributed by atoms with Gasteiger partial charge in [-0.05, 0) is 56.6 Å². The van der Waals surface area contributed by atoms with Gasteiger partial charge in [0.1, 0.15) is 5.76 Å². The van der Waals surface area contributed by atoms with E-state index in [-0.39, 0.29) is 17.7 Å². The molecule has 0 N–H and O–H groups in total. The van der Waals surface area contributed by atoms with Crippen molar-refractivity contribution in [3.63, 3.8) is 0 Å². The molecule has 0 radical (unpaired) electrons. The number of benzene rings is 1. The Hall–Kier alpha value is -2.56. The summed E-state index contributed by atoms with van der Waals surface area (Å²) in [6.07, 6.45) is 6.52. The normalized spacial score (nSPS) is 20.7. The number of carbonyl (C=O) groups is 2. The van der Waals surface area contributed by atoms with Crippen LogP contribution in [-0.2, 0) is 11.2 Å². The first-order chi connectivity index (χ1) is 14.1. The van der Waals surface area contributed by atoms with Gasteiger partial charge in [0.05, 0.1) is 17.7 Å². The summed E-state index contributed by atoms with van der Waals surface area (Å²) in [7, 11) is 0. The van der Waals surface area contributed by atoms with Crippen LogP contribution in [0.25, 0.3) is 0 Å². The number of likely N-dealkylation sites (tertiary alicyclic amines) is 2. The Morgan fingerprint density at radius 1 is 1.00 bits per heavy atom. The van der Waals surface area contributed by atoms with E-state index in [1.807, 2.05) is 9.80 Å². The number of amides is 2. The number of nitrogens with zero attached hydrogens (tertiary/aromatic N) is 2. The van der Waals surface area contributed by atoms with E-state index in [4.69, 9.17) is 4.42 Å². The SMILES string of the molecule is Cc1occc1C(=O)N1CCC[C@H](C(=O)N2CCC(Cc3ccccc3)CC2)C1. The summed E-state index contributed by atoms with van der Waals surface area (Å²) in [5.74, 6) is 1.42. The molecule has 1 aromatic carbocycles. The van der Waals surface area contributed by atoms with Crippen molar-refractivity contribution in [1.82, 2.24) is 9.80 Å². The van der Waals surface area contributed by atoms with Gasteiger partial charge in [0.15, 0.2) is 0 Å². The highest BCUT2D eigenvalue weighted by Gasteiger charge is 2.33. The Bertz CT molecular complexity index is 837. The van der Waals surface area contributed by atoms with Crippen molar-refractivity contribution in [3.05, 3.63) is 59.5 Å². The van der Waals surface area contributed by atoms with Gasteiger partial charge < -0.3 is 14.2 Å². The van der Waals surface area contributed by atoms with Crippen molar-refractivity contribution >= 4 is 11.8 Å². The molecule has 0 spiro atoms. The summed E-state index contributed by atoms with van der Waals surface area (Å²) >= 11 is 0. The van der Waals surface area contributed by atoms with E-state index in [0.717, 1.165) is 45.2 Å². The number of hydrogen-bond acceptors (Lipinski definition) is 3. The van der Waals surface area contributed by atoms with Gasteiger partial charge in [-0.15, -0.1) is 0 Å². The van der Waals surface area contributed by atoms with Gasteiger partial charge in [-0.2, -0.15) is 0 Å². The van der Waals surface area contributed by atoms with Crippen LogP contribution in [0.15, 0.2) is 47.1 Å². The molecular weight excluding hydrogens is 364 g/mol. The van der Waals surface area contributed by atoms with Crippen LogP contribution >= 0.6 is 0 Å². The maximum Gasteiger partial charge on any atom is 0.257 e. The van der Waals surface area contributed by atoms with Crippen molar-refractivity contribution in [2.45, 2.75) is 39.0 Å². The van der Waals surface area contributed by atoms with E-state index in [9.17, 15) is 9.59 Å². The second-order valence-electron chi connectivity index (χ2n) is 8.44. The van der Waals surface area contributed by atoms with Gasteiger partial charge in [0.2, 0.25) is 5.91 Å². The smallest absolute Gasteiger partial charge is 0.257 e. The van der Waals surface area contributed by atoms with Crippen LogP contribution in [0.1, 0.15) is 47.4 Å². The molecule has 2 saturated heterocycles. The van der Waals surface area contributed by atoms with Crippen LogP contribution in [0, 0.1) is 18.8 Å². The second-order valence-corrected chi connectivity index (χ2v) is 8.44. The molecule has 2 fully saturated rings. The third-order valence-electron chi connectivity index (χ3n) is 6.44. The Balaban J connectivity index is 1.30. The third kappa shape index (κ3) is 4.55. The molecule has 3 heterocycles. The zero-order chi connectivity index (χ0) is 20.2. The lowest BCUT2D eigenvalue weighted by molar-refractivity contribution is -0.138. The summed E-state index contributed by atoms with van der Waals surface area (Å²) in [5, 5.41) is 0. The van der Waals surface area contributed by atoms with E-state index in [1.165, 1.54) is 5.56 Å². The molecule has 4 rings (SSSR count). The maximum absolute atomic E-state index is 13.1. The molecule has 0 aliphatic carbocycles. The minimum absolute atomic E-state index is 0.0182. The number of rotatable bonds is 4. The van der Waals surface area contributed by atoms with Crippen LogP contribution in [0.5, 0.6) is 0 Å². The predicted molar refractivity (Wildman–Crippen MR) is 112 cm³/mol. The minimum atomic E-state index is -0.0782. The number of furan rings is 1. The highest BCUT2D eigenvalue weighted by molar-refractivity contribution is 5.95. The van der Waals surface area contributed by atoms with Crippen LogP contribution in [0.4, 0.5) is 0 Å². The number of piperidine rings is 2. The number of aryl methyl sites for hydroxylation is 1. The topological polar surface area (TPSA) is 53.8 Å². The zero-order valence-electron chi connectivity index (χ0n) is 17.2. The molecule has 154 valence electrons. The van der Waals surface area contributed by atoms with E-state index in [1.54, 1.807) is 19.3 Å². The van der Waals surface area contributed by atoms with E-state index in [2.05, 4.69) is 30.3 Å². The Labute approximate surface area is 172 Å². The van der Waals surface area contributed by atoms with Crippen molar-refractivity contribution in [2.75, 3.05) is 26.2 Å². The predicted octanol–water partition coefficient (Wildman–Crippen LogP) is 3.92. The summed E-state index contributed by atoms with van der Waals surface area (Å²) in [6, 6.07) is 12.3. The second kappa shape index (κ2) is 8.85. The van der Waals surface area contributed by atoms with Crippen molar-refractivity contribution in [3.8, 4) is 0 Å². The van der Waals surface area contributed by atoms with E-state index < -0.39 is 0 Å². The van der Waals surface area contributed by atoms with Gasteiger partial charge in [0, 0.05) is 26.2 Å². The summed E-state index contributed by atoms with van der Waals surface area (Å²) in [4.78, 5) is 29.7. The Morgan fingerprint density at radius 2 is 1.76 bits per heavy atom. The monoisotopic (exact) mass is 394 g/mol. The average molecular weight is 395 g/mol. The molecule has 2 amide bonds. The van der Waals surface area contributed by atoms with E-state index >= 15 is 0 Å². The first-order valence-corrected chi connectivity index (χ1v) is 10.8. The molecule has 2 aliphatic rings. The molecule has 0 saturated carbocycles. The minimum Gasteiger partial charge on any atom is -0.469 e. The van der Waals surface area contributed by atoms with Crippen molar-refractivity contribution in [1.29, 1.82) is 0 Å². The molecule has 0 unspecified atom stereocenters. The van der Waals surface area contributed by atoms with Crippen LogP contribution < -0.4 is 0 Å². The lowest BCUT2D eigenvalue weighted by Gasteiger charge is -2.38. The van der Waals surface area contributed by atoms with Crippen LogP contribution in [0.2, 0.25) is 0 Å². The van der Waals surface area contributed by atoms with Crippen LogP contribution in [0.3, 0.4) is 0 Å². The van der Waals surface area contributed by atoms with Crippen molar-refractivity contribution < 1.29 is 14.0 Å². The maximum atomic E-state index is 13.1. The van der Waals surface area contributed by atoms with Crippen molar-refractivity contribution in [2.24, 2.45) is 11.8 Å². The van der Waals surface area contributed by atoms with Crippen LogP contribution in [-0.4, -0.2) is 47.8 Å². The van der Waals surface area contributed by atoms with Gasteiger partial charge in [-0.25, -0.2) is 0 Å². The molecule has 0 bridgehead atoms. The zero-order valence-corrected chi connectivity index (χ0v) is 17.2. The summed E-state index contributed by atoms with van der Waals surface area (Å²) in [6.45, 7) is 4.71. The fraction of sp³-hybridized carbons (Fsp3) is 0.500. The lowest BCUT2D eigenvalue weighted by atomic mass is 9.89. The standard InChI is InChI=1S/C24H30N2O3/c1-18-22(11-15-29-18)24(28)26-12-5-8-21(17-26)23(27)25-13-9-20(10-14-25)16-19-6-3-2-4-7-19/h2-4,6-7,11,15,20-21H,5,8-10,12-14,16-17H2,1H3/t21-/m0/s1. The fourth-order valence-electron chi connectivity index (χ4n) is 4.70. The average Bonchev–Trinajstić information content (AvgIpc) is 3.20. The molecule has 29 heavy (non-hydrogen) atoms. The van der Waals surface area contributed by atoms with Gasteiger partial charge >= 0.3 is 0 Å². The molecule has 1 aromatic heterocycles. The molecule has 1 atom stereocenters. The quantitative estimate of drug-likeness (QED) is 0.790. The van der Waals surface area contributed by atoms with Gasteiger partial charge in [0.25, 0.3) is 5.91 Å². The molecule has 5 nitrogen and oxygen atoms in total. The first-order valence-electron chi connectivity index (χ1n) is 10.8. The highest BCUT2D eigenvalue weighted by atomic mass is 16.3. The van der Waals surface area contributed by atoms with Gasteiger partial charge in [-0.1, -0.05) is 30.3 Å². The van der Waals surface area contributed by atoms with Gasteiger partial charge in [-0.3, -0.25) is 9.59 Å². The largest absolute Gasteiger partial charge is 0.469 e. The third-order valence-corrected chi connectivity index (χ3v) is 6.44. The fourth-order valence-corrected chi connectivity index (χ4v) is 4.70.